The molecule has 1 amide bonds. The maximum absolute atomic E-state index is 12.4. The number of nitrogens with one attached hydrogen (secondary N) is 1. The molecule has 2 heterocycles. The van der Waals surface area contributed by atoms with Crippen LogP contribution in [0, 0.1) is 0 Å². The van der Waals surface area contributed by atoms with Crippen LogP contribution in [0.15, 0.2) is 53.9 Å². The van der Waals surface area contributed by atoms with E-state index in [0.29, 0.717) is 23.8 Å². The Morgan fingerprint density at radius 3 is 2.59 bits per heavy atom. The zero-order valence-corrected chi connectivity index (χ0v) is 19.0. The number of nitrogens with zero attached hydrogens (tertiary/aromatic N) is 5. The van der Waals surface area contributed by atoms with E-state index in [1.54, 1.807) is 13.3 Å². The molecule has 0 aliphatic rings. The highest BCUT2D eigenvalue weighted by Gasteiger charge is 2.16. The van der Waals surface area contributed by atoms with Gasteiger partial charge < -0.3 is 14.5 Å². The SMILES string of the molecule is CCn1c(SCC(=O)Nc2ccc(CC(C)=O)cc2)nnc1-c1ccc2ncn(C)c2c1. The van der Waals surface area contributed by atoms with Crippen LogP contribution in [0.25, 0.3) is 22.4 Å². The molecule has 32 heavy (non-hydrogen) atoms. The Bertz CT molecular complexity index is 1280. The minimum Gasteiger partial charge on any atom is -0.334 e. The first-order valence-corrected chi connectivity index (χ1v) is 11.3. The van der Waals surface area contributed by atoms with Crippen molar-refractivity contribution in [3.63, 3.8) is 0 Å². The molecule has 4 aromatic rings. The predicted octanol–water partition coefficient (Wildman–Crippen LogP) is 3.71. The molecule has 8 nitrogen and oxygen atoms in total. The molecule has 1 N–H and O–H groups in total. The predicted molar refractivity (Wildman–Crippen MR) is 126 cm³/mol. The lowest BCUT2D eigenvalue weighted by Crippen LogP contribution is -2.14. The van der Waals surface area contributed by atoms with Crippen LogP contribution in [0.5, 0.6) is 0 Å². The highest BCUT2D eigenvalue weighted by atomic mass is 32.2. The maximum atomic E-state index is 12.4. The number of carbonyl (C=O) groups excluding carboxylic acids is 2. The van der Waals surface area contributed by atoms with Gasteiger partial charge in [-0.25, -0.2) is 4.98 Å². The molecule has 4 rings (SSSR count). The number of benzene rings is 2. The van der Waals surface area contributed by atoms with Crippen molar-refractivity contribution in [2.24, 2.45) is 7.05 Å². The third-order valence-electron chi connectivity index (χ3n) is 5.04. The number of fused-ring (bicyclic) bond motifs is 1. The Labute approximate surface area is 190 Å². The second-order valence-electron chi connectivity index (χ2n) is 7.52. The zero-order valence-electron chi connectivity index (χ0n) is 18.2. The number of aromatic nitrogens is 5. The van der Waals surface area contributed by atoms with Crippen molar-refractivity contribution < 1.29 is 9.59 Å². The fourth-order valence-electron chi connectivity index (χ4n) is 3.48. The molecule has 0 bridgehead atoms. The van der Waals surface area contributed by atoms with E-state index in [0.717, 1.165) is 28.0 Å². The van der Waals surface area contributed by atoms with Gasteiger partial charge in [0.15, 0.2) is 11.0 Å². The van der Waals surface area contributed by atoms with Crippen molar-refractivity contribution in [2.75, 3.05) is 11.1 Å². The van der Waals surface area contributed by atoms with Crippen molar-refractivity contribution in [3.8, 4) is 11.4 Å². The number of rotatable bonds is 8. The van der Waals surface area contributed by atoms with E-state index in [9.17, 15) is 9.59 Å². The van der Waals surface area contributed by atoms with Gasteiger partial charge in [0.1, 0.15) is 5.78 Å². The highest BCUT2D eigenvalue weighted by molar-refractivity contribution is 7.99. The van der Waals surface area contributed by atoms with Gasteiger partial charge in [0.2, 0.25) is 5.91 Å². The molecule has 0 fully saturated rings. The fraction of sp³-hybridized carbons (Fsp3) is 0.261. The number of ketones is 1. The lowest BCUT2D eigenvalue weighted by Gasteiger charge is -2.08. The number of thioether (sulfide) groups is 1. The highest BCUT2D eigenvalue weighted by Crippen LogP contribution is 2.26. The van der Waals surface area contributed by atoms with E-state index < -0.39 is 0 Å². The Balaban J connectivity index is 1.43. The van der Waals surface area contributed by atoms with Crippen LogP contribution in [0.1, 0.15) is 19.4 Å². The van der Waals surface area contributed by atoms with Gasteiger partial charge in [0, 0.05) is 31.3 Å². The summed E-state index contributed by atoms with van der Waals surface area (Å²) in [6, 6.07) is 13.3. The number of imidazole rings is 1. The van der Waals surface area contributed by atoms with Crippen LogP contribution in [-0.2, 0) is 29.6 Å². The van der Waals surface area contributed by atoms with Crippen LogP contribution in [0.3, 0.4) is 0 Å². The van der Waals surface area contributed by atoms with Gasteiger partial charge in [0.05, 0.1) is 23.1 Å². The summed E-state index contributed by atoms with van der Waals surface area (Å²) in [5.74, 6) is 0.962. The molecule has 9 heteroatoms. The van der Waals surface area contributed by atoms with Crippen molar-refractivity contribution in [1.82, 2.24) is 24.3 Å². The van der Waals surface area contributed by atoms with Gasteiger partial charge in [-0.2, -0.15) is 0 Å². The van der Waals surface area contributed by atoms with Crippen LogP contribution in [-0.4, -0.2) is 41.8 Å². The van der Waals surface area contributed by atoms with Crippen LogP contribution >= 0.6 is 11.8 Å². The minimum absolute atomic E-state index is 0.109. The first-order chi connectivity index (χ1) is 15.4. The average molecular weight is 449 g/mol. The molecule has 164 valence electrons. The van der Waals surface area contributed by atoms with Gasteiger partial charge in [-0.05, 0) is 49.7 Å². The summed E-state index contributed by atoms with van der Waals surface area (Å²) in [6.07, 6.45) is 2.18. The van der Waals surface area contributed by atoms with E-state index in [1.165, 1.54) is 11.8 Å². The molecule has 0 atom stereocenters. The number of carbonyl (C=O) groups is 2. The molecule has 2 aromatic heterocycles. The second kappa shape index (κ2) is 9.35. The minimum atomic E-state index is -0.127. The van der Waals surface area contributed by atoms with Crippen LogP contribution in [0.4, 0.5) is 5.69 Å². The fourth-order valence-corrected chi connectivity index (χ4v) is 4.28. The second-order valence-corrected chi connectivity index (χ2v) is 8.46. The first-order valence-electron chi connectivity index (χ1n) is 10.3. The van der Waals surface area contributed by atoms with E-state index in [2.05, 4.69) is 26.6 Å². The molecule has 2 aromatic carbocycles. The third kappa shape index (κ3) is 4.72. The van der Waals surface area contributed by atoms with Gasteiger partial charge in [-0.15, -0.1) is 10.2 Å². The summed E-state index contributed by atoms with van der Waals surface area (Å²) < 4.78 is 3.98. The molecule has 0 saturated carbocycles. The summed E-state index contributed by atoms with van der Waals surface area (Å²) >= 11 is 1.35. The van der Waals surface area contributed by atoms with E-state index in [1.807, 2.05) is 59.5 Å². The van der Waals surface area contributed by atoms with Crippen molar-refractivity contribution in [1.29, 1.82) is 0 Å². The molecule has 0 radical (unpaired) electrons. The lowest BCUT2D eigenvalue weighted by atomic mass is 10.1. The van der Waals surface area contributed by atoms with Crippen molar-refractivity contribution in [2.45, 2.75) is 32.0 Å². The quantitative estimate of drug-likeness (QED) is 0.413. The maximum Gasteiger partial charge on any atom is 0.234 e. The summed E-state index contributed by atoms with van der Waals surface area (Å²) in [6.45, 7) is 4.28. The molecular weight excluding hydrogens is 424 g/mol. The summed E-state index contributed by atoms with van der Waals surface area (Å²) in [5, 5.41) is 12.3. The van der Waals surface area contributed by atoms with E-state index in [4.69, 9.17) is 0 Å². The smallest absolute Gasteiger partial charge is 0.234 e. The molecule has 0 aliphatic heterocycles. The number of hydrogen-bond acceptors (Lipinski definition) is 6. The number of Topliss-reactive ketones (excluding diaryl/α,β-unsaturated/α-hetero) is 1. The normalized spacial score (nSPS) is 11.1. The Morgan fingerprint density at radius 2 is 1.88 bits per heavy atom. The molecule has 0 unspecified atom stereocenters. The third-order valence-corrected chi connectivity index (χ3v) is 6.01. The topological polar surface area (TPSA) is 94.7 Å². The average Bonchev–Trinajstić information content (AvgIpc) is 3.36. The van der Waals surface area contributed by atoms with Gasteiger partial charge in [0.25, 0.3) is 0 Å². The van der Waals surface area contributed by atoms with Crippen molar-refractivity contribution >= 4 is 40.2 Å². The number of anilines is 1. The number of amides is 1. The van der Waals surface area contributed by atoms with Crippen LogP contribution < -0.4 is 5.32 Å². The summed E-state index contributed by atoms with van der Waals surface area (Å²) in [7, 11) is 1.96. The molecule has 0 saturated heterocycles. The van der Waals surface area contributed by atoms with E-state index >= 15 is 0 Å². The van der Waals surface area contributed by atoms with Crippen LogP contribution in [0.2, 0.25) is 0 Å². The zero-order chi connectivity index (χ0) is 22.7. The monoisotopic (exact) mass is 448 g/mol. The Hall–Kier alpha value is -3.46. The molecule has 0 aliphatic carbocycles. The standard InChI is InChI=1S/C23H24N6O2S/c1-4-29-22(17-7-10-19-20(12-17)28(3)14-24-19)26-27-23(29)32-13-21(31)25-18-8-5-16(6-9-18)11-15(2)30/h5-10,12,14H,4,11,13H2,1-3H3,(H,25,31). The van der Waals surface area contributed by atoms with E-state index in [-0.39, 0.29) is 17.4 Å². The van der Waals surface area contributed by atoms with Gasteiger partial charge in [-0.1, -0.05) is 23.9 Å². The summed E-state index contributed by atoms with van der Waals surface area (Å²) in [4.78, 5) is 28.0. The molecular formula is C23H24N6O2S. The Kier molecular flexibility index (Phi) is 6.36. The number of hydrogen-bond donors (Lipinski definition) is 1. The van der Waals surface area contributed by atoms with Gasteiger partial charge >= 0.3 is 0 Å². The summed E-state index contributed by atoms with van der Waals surface area (Å²) in [5.41, 5.74) is 4.54. The largest absolute Gasteiger partial charge is 0.334 e. The first kappa shape index (κ1) is 21.8. The van der Waals surface area contributed by atoms with Crippen molar-refractivity contribution in [3.05, 3.63) is 54.4 Å². The Morgan fingerprint density at radius 1 is 1.09 bits per heavy atom. The van der Waals surface area contributed by atoms with Gasteiger partial charge in [-0.3, -0.25) is 9.59 Å². The molecule has 0 spiro atoms. The lowest BCUT2D eigenvalue weighted by molar-refractivity contribution is -0.116. The number of aryl methyl sites for hydroxylation is 1.